The third-order valence-corrected chi connectivity index (χ3v) is 7.46. The van der Waals surface area contributed by atoms with E-state index in [-0.39, 0.29) is 17.4 Å². The smallest absolute Gasteiger partial charge is 0.234 e. The number of nitrogens with one attached hydrogen (secondary N) is 1. The zero-order valence-electron chi connectivity index (χ0n) is 17.8. The van der Waals surface area contributed by atoms with Crippen LogP contribution in [0.4, 0.5) is 0 Å². The minimum Gasteiger partial charge on any atom is -0.353 e. The summed E-state index contributed by atoms with van der Waals surface area (Å²) in [5.74, 6) is 2.68. The molecule has 1 amide bonds. The number of amides is 1. The quantitative estimate of drug-likeness (QED) is 0.791. The minimum absolute atomic E-state index is 0.151. The summed E-state index contributed by atoms with van der Waals surface area (Å²) in [4.78, 5) is 19.8. The minimum atomic E-state index is -0.151. The molecule has 1 aromatic heterocycles. The summed E-state index contributed by atoms with van der Waals surface area (Å²) in [6.45, 7) is 4.73. The van der Waals surface area contributed by atoms with Crippen LogP contribution in [0.25, 0.3) is 0 Å². The first-order chi connectivity index (χ1) is 14.6. The van der Waals surface area contributed by atoms with Crippen LogP contribution in [0.5, 0.6) is 0 Å². The van der Waals surface area contributed by atoms with E-state index in [0.29, 0.717) is 24.1 Å². The number of aromatic nitrogens is 2. The third kappa shape index (κ3) is 3.89. The van der Waals surface area contributed by atoms with Gasteiger partial charge in [-0.05, 0) is 50.0 Å². The summed E-state index contributed by atoms with van der Waals surface area (Å²) in [6, 6.07) is 10.8. The molecule has 6 nitrogen and oxygen atoms in total. The lowest BCUT2D eigenvalue weighted by atomic mass is 9.80. The number of carbonyl (C=O) groups excluding carboxylic acids is 1. The molecule has 160 valence electrons. The maximum absolute atomic E-state index is 12.7. The van der Waals surface area contributed by atoms with Gasteiger partial charge >= 0.3 is 0 Å². The highest BCUT2D eigenvalue weighted by atomic mass is 16.5. The van der Waals surface area contributed by atoms with E-state index in [0.717, 1.165) is 38.4 Å². The summed E-state index contributed by atoms with van der Waals surface area (Å²) < 4.78 is 5.71. The van der Waals surface area contributed by atoms with Gasteiger partial charge in [0.2, 0.25) is 11.8 Å². The largest absolute Gasteiger partial charge is 0.353 e. The van der Waals surface area contributed by atoms with Crippen molar-refractivity contribution in [2.45, 2.75) is 69.9 Å². The van der Waals surface area contributed by atoms with Crippen molar-refractivity contribution in [1.29, 1.82) is 0 Å². The number of aryl methyl sites for hydroxylation is 1. The van der Waals surface area contributed by atoms with Gasteiger partial charge in [0.05, 0.1) is 5.41 Å². The number of fused-ring (bicyclic) bond motifs is 1. The molecule has 5 rings (SSSR count). The van der Waals surface area contributed by atoms with Gasteiger partial charge in [-0.1, -0.05) is 48.3 Å². The van der Waals surface area contributed by atoms with Gasteiger partial charge in [-0.25, -0.2) is 0 Å². The zero-order valence-corrected chi connectivity index (χ0v) is 17.8. The van der Waals surface area contributed by atoms with E-state index in [9.17, 15) is 4.79 Å². The molecule has 1 aliphatic heterocycles. The normalized spacial score (nSPS) is 29.4. The highest BCUT2D eigenvalue weighted by Gasteiger charge is 2.57. The van der Waals surface area contributed by atoms with Gasteiger partial charge in [0, 0.05) is 32.1 Å². The topological polar surface area (TPSA) is 71.3 Å². The lowest BCUT2D eigenvalue weighted by Gasteiger charge is -2.25. The van der Waals surface area contributed by atoms with Gasteiger partial charge in [0.1, 0.15) is 0 Å². The van der Waals surface area contributed by atoms with Gasteiger partial charge < -0.3 is 9.84 Å². The van der Waals surface area contributed by atoms with Crippen LogP contribution in [-0.2, 0) is 16.8 Å². The van der Waals surface area contributed by atoms with Gasteiger partial charge in [0.25, 0.3) is 0 Å². The molecule has 2 aromatic rings. The highest BCUT2D eigenvalue weighted by Crippen LogP contribution is 2.50. The maximum Gasteiger partial charge on any atom is 0.234 e. The number of hydrogen-bond donors (Lipinski definition) is 1. The molecule has 2 heterocycles. The van der Waals surface area contributed by atoms with Crippen molar-refractivity contribution in [2.75, 3.05) is 13.1 Å². The molecule has 0 spiro atoms. The van der Waals surface area contributed by atoms with Crippen LogP contribution >= 0.6 is 0 Å². The predicted molar refractivity (Wildman–Crippen MR) is 114 cm³/mol. The molecular weight excluding hydrogens is 376 g/mol. The fraction of sp³-hybridized carbons (Fsp3) is 0.625. The SMILES string of the molecule is Cc1noc([C@]23C[C@H](NC(=O)CC4CCCC4)C[C@H]2CN(Cc2ccccc2)C3)n1. The molecule has 0 unspecified atom stereocenters. The molecule has 3 fully saturated rings. The molecule has 2 saturated carbocycles. The molecular formula is C24H32N4O2. The number of benzene rings is 1. The fourth-order valence-electron chi connectivity index (χ4n) is 6.14. The average molecular weight is 409 g/mol. The molecule has 0 radical (unpaired) electrons. The summed E-state index contributed by atoms with van der Waals surface area (Å²) in [7, 11) is 0. The first-order valence-corrected chi connectivity index (χ1v) is 11.5. The van der Waals surface area contributed by atoms with Crippen LogP contribution in [0.3, 0.4) is 0 Å². The van der Waals surface area contributed by atoms with Crippen LogP contribution in [0.15, 0.2) is 34.9 Å². The Kier molecular flexibility index (Phi) is 5.35. The zero-order chi connectivity index (χ0) is 20.6. The molecule has 3 atom stereocenters. The Labute approximate surface area is 178 Å². The van der Waals surface area contributed by atoms with Crippen molar-refractivity contribution in [3.8, 4) is 0 Å². The van der Waals surface area contributed by atoms with Crippen molar-refractivity contribution in [1.82, 2.24) is 20.4 Å². The van der Waals surface area contributed by atoms with Crippen molar-refractivity contribution in [3.05, 3.63) is 47.6 Å². The number of rotatable bonds is 6. The van der Waals surface area contributed by atoms with Crippen LogP contribution < -0.4 is 5.32 Å². The molecule has 1 N–H and O–H groups in total. The Hall–Kier alpha value is -2.21. The molecule has 3 aliphatic rings. The average Bonchev–Trinajstić information content (AvgIpc) is 3.48. The van der Waals surface area contributed by atoms with Crippen molar-refractivity contribution in [2.24, 2.45) is 11.8 Å². The Bertz CT molecular complexity index is 876. The lowest BCUT2D eigenvalue weighted by Crippen LogP contribution is -2.38. The van der Waals surface area contributed by atoms with E-state index in [1.54, 1.807) is 0 Å². The Morgan fingerprint density at radius 2 is 2.07 bits per heavy atom. The van der Waals surface area contributed by atoms with Crippen molar-refractivity contribution >= 4 is 5.91 Å². The van der Waals surface area contributed by atoms with Crippen molar-refractivity contribution < 1.29 is 9.32 Å². The standard InChI is InChI=1S/C24H32N4O2/c1-17-25-23(30-27-17)24-13-21(26-22(29)11-18-7-5-6-8-18)12-20(24)15-28(16-24)14-19-9-3-2-4-10-19/h2-4,9-10,18,20-21H,5-8,11-16H2,1H3,(H,26,29)/t20-,21+,24-/m0/s1. The first kappa shape index (κ1) is 19.7. The van der Waals surface area contributed by atoms with E-state index in [1.165, 1.54) is 31.2 Å². The predicted octanol–water partition coefficient (Wildman–Crippen LogP) is 3.61. The Morgan fingerprint density at radius 3 is 2.80 bits per heavy atom. The number of likely N-dealkylation sites (tertiary alicyclic amines) is 1. The second kappa shape index (κ2) is 8.14. The molecule has 1 saturated heterocycles. The number of hydrogen-bond acceptors (Lipinski definition) is 5. The number of carbonyl (C=O) groups is 1. The highest BCUT2D eigenvalue weighted by molar-refractivity contribution is 5.76. The Balaban J connectivity index is 1.29. The Morgan fingerprint density at radius 1 is 1.27 bits per heavy atom. The second-order valence-corrected chi connectivity index (χ2v) is 9.71. The van der Waals surface area contributed by atoms with Gasteiger partial charge in [0.15, 0.2) is 5.82 Å². The van der Waals surface area contributed by atoms with E-state index in [1.807, 2.05) is 6.92 Å². The fourth-order valence-corrected chi connectivity index (χ4v) is 6.14. The third-order valence-electron chi connectivity index (χ3n) is 7.46. The summed E-state index contributed by atoms with van der Waals surface area (Å²) in [5.41, 5.74) is 1.18. The summed E-state index contributed by atoms with van der Waals surface area (Å²) in [5, 5.41) is 7.44. The van der Waals surface area contributed by atoms with Crippen LogP contribution in [0, 0.1) is 18.8 Å². The van der Waals surface area contributed by atoms with Crippen LogP contribution in [-0.4, -0.2) is 40.1 Å². The van der Waals surface area contributed by atoms with Crippen molar-refractivity contribution in [3.63, 3.8) is 0 Å². The van der Waals surface area contributed by atoms with E-state index in [2.05, 4.69) is 50.7 Å². The molecule has 6 heteroatoms. The maximum atomic E-state index is 12.7. The van der Waals surface area contributed by atoms with E-state index < -0.39 is 0 Å². The number of nitrogens with zero attached hydrogens (tertiary/aromatic N) is 3. The molecule has 30 heavy (non-hydrogen) atoms. The van der Waals surface area contributed by atoms with Gasteiger partial charge in [-0.3, -0.25) is 9.69 Å². The summed E-state index contributed by atoms with van der Waals surface area (Å²) >= 11 is 0. The monoisotopic (exact) mass is 408 g/mol. The van der Waals surface area contributed by atoms with Crippen LogP contribution in [0.1, 0.15) is 62.2 Å². The van der Waals surface area contributed by atoms with E-state index in [4.69, 9.17) is 4.52 Å². The van der Waals surface area contributed by atoms with E-state index >= 15 is 0 Å². The lowest BCUT2D eigenvalue weighted by molar-refractivity contribution is -0.122. The molecule has 2 aliphatic carbocycles. The summed E-state index contributed by atoms with van der Waals surface area (Å²) in [6.07, 6.45) is 7.54. The first-order valence-electron chi connectivity index (χ1n) is 11.5. The molecule has 0 bridgehead atoms. The van der Waals surface area contributed by atoms with Gasteiger partial charge in [-0.2, -0.15) is 4.98 Å². The molecule has 1 aromatic carbocycles. The van der Waals surface area contributed by atoms with Crippen LogP contribution in [0.2, 0.25) is 0 Å². The van der Waals surface area contributed by atoms with Gasteiger partial charge in [-0.15, -0.1) is 0 Å². The second-order valence-electron chi connectivity index (χ2n) is 9.71.